The fourth-order valence-corrected chi connectivity index (χ4v) is 1.23. The van der Waals surface area contributed by atoms with Crippen LogP contribution >= 0.6 is 23.2 Å². The first kappa shape index (κ1) is 11.9. The van der Waals surface area contributed by atoms with Crippen LogP contribution in [-0.2, 0) is 4.79 Å². The minimum atomic E-state index is -1.08. The molecule has 82 valence electrons. The molecule has 0 fully saturated rings. The molecule has 0 radical (unpaired) electrons. The van der Waals surface area contributed by atoms with Gasteiger partial charge in [0, 0.05) is 12.1 Å². The molecule has 0 unspecified atom stereocenters. The number of benzene rings is 1. The van der Waals surface area contributed by atoms with Gasteiger partial charge in [-0.25, -0.2) is 4.79 Å². The van der Waals surface area contributed by atoms with E-state index < -0.39 is 12.6 Å². The van der Waals surface area contributed by atoms with Crippen molar-refractivity contribution in [1.29, 1.82) is 0 Å². The Morgan fingerprint density at radius 3 is 2.33 bits per heavy atom. The third kappa shape index (κ3) is 3.18. The van der Waals surface area contributed by atoms with Gasteiger partial charge >= 0.3 is 5.97 Å². The van der Waals surface area contributed by atoms with Gasteiger partial charge in [-0.15, -0.1) is 0 Å². The van der Waals surface area contributed by atoms with Crippen molar-refractivity contribution < 1.29 is 19.4 Å². The van der Waals surface area contributed by atoms with Crippen LogP contribution in [0.4, 0.5) is 0 Å². The fourth-order valence-electron chi connectivity index (χ4n) is 0.922. The van der Waals surface area contributed by atoms with Gasteiger partial charge in [0.15, 0.2) is 18.1 Å². The molecule has 1 aromatic rings. The second-order valence-electron chi connectivity index (χ2n) is 2.60. The average Bonchev–Trinajstić information content (AvgIpc) is 2.19. The van der Waals surface area contributed by atoms with Crippen molar-refractivity contribution in [3.05, 3.63) is 22.2 Å². The van der Waals surface area contributed by atoms with E-state index in [0.717, 1.165) is 0 Å². The average molecular weight is 251 g/mol. The summed E-state index contributed by atoms with van der Waals surface area (Å²) in [6, 6.07) is 2.87. The molecule has 4 nitrogen and oxygen atoms in total. The Kier molecular flexibility index (Phi) is 4.05. The molecule has 0 bridgehead atoms. The van der Waals surface area contributed by atoms with Crippen molar-refractivity contribution >= 4 is 29.2 Å². The summed E-state index contributed by atoms with van der Waals surface area (Å²) >= 11 is 11.5. The van der Waals surface area contributed by atoms with Gasteiger partial charge in [0.05, 0.1) is 17.2 Å². The molecule has 0 aromatic heterocycles. The van der Waals surface area contributed by atoms with E-state index in [0.29, 0.717) is 10.8 Å². The molecule has 0 amide bonds. The number of aliphatic carboxylic acids is 1. The molecule has 0 heterocycles. The highest BCUT2D eigenvalue weighted by atomic mass is 35.5. The lowest BCUT2D eigenvalue weighted by molar-refractivity contribution is -0.139. The van der Waals surface area contributed by atoms with Gasteiger partial charge in [0.2, 0.25) is 0 Å². The van der Waals surface area contributed by atoms with Crippen molar-refractivity contribution in [1.82, 2.24) is 0 Å². The first-order valence-electron chi connectivity index (χ1n) is 3.92. The number of ether oxygens (including phenoxy) is 2. The van der Waals surface area contributed by atoms with Crippen LogP contribution in [0, 0.1) is 0 Å². The Bertz CT molecular complexity index is 379. The van der Waals surface area contributed by atoms with E-state index in [9.17, 15) is 4.79 Å². The predicted octanol–water partition coefficient (Wildman–Crippen LogP) is 2.47. The van der Waals surface area contributed by atoms with Crippen LogP contribution in [0.25, 0.3) is 0 Å². The summed E-state index contributed by atoms with van der Waals surface area (Å²) in [5.74, 6) is -0.497. The SMILES string of the molecule is COc1cc(Cl)c(Cl)cc1OCC(=O)O. The largest absolute Gasteiger partial charge is 0.493 e. The quantitative estimate of drug-likeness (QED) is 0.892. The van der Waals surface area contributed by atoms with Gasteiger partial charge < -0.3 is 14.6 Å². The molecular formula is C9H8Cl2O4. The highest BCUT2D eigenvalue weighted by Crippen LogP contribution is 2.35. The third-order valence-corrected chi connectivity index (χ3v) is 2.28. The maximum atomic E-state index is 10.3. The van der Waals surface area contributed by atoms with Crippen molar-refractivity contribution in [3.63, 3.8) is 0 Å². The molecule has 0 aliphatic heterocycles. The first-order chi connectivity index (χ1) is 7.04. The van der Waals surface area contributed by atoms with Crippen molar-refractivity contribution in [2.75, 3.05) is 13.7 Å². The molecule has 1 rings (SSSR count). The van der Waals surface area contributed by atoms with E-state index in [1.165, 1.54) is 19.2 Å². The Labute approximate surface area is 96.3 Å². The van der Waals surface area contributed by atoms with Crippen LogP contribution in [0.5, 0.6) is 11.5 Å². The van der Waals surface area contributed by atoms with Crippen LogP contribution in [0.2, 0.25) is 10.0 Å². The van der Waals surface area contributed by atoms with Crippen LogP contribution in [0.3, 0.4) is 0 Å². The lowest BCUT2D eigenvalue weighted by atomic mass is 10.3. The number of halogens is 2. The summed E-state index contributed by atoms with van der Waals surface area (Å²) in [6.07, 6.45) is 0. The Morgan fingerprint density at radius 1 is 1.33 bits per heavy atom. The van der Waals surface area contributed by atoms with E-state index in [2.05, 4.69) is 0 Å². The topological polar surface area (TPSA) is 55.8 Å². The summed E-state index contributed by atoms with van der Waals surface area (Å²) < 4.78 is 9.91. The number of methoxy groups -OCH3 is 1. The molecule has 1 aromatic carbocycles. The zero-order chi connectivity index (χ0) is 11.4. The molecule has 0 saturated carbocycles. The van der Waals surface area contributed by atoms with E-state index in [-0.39, 0.29) is 10.8 Å². The highest BCUT2D eigenvalue weighted by Gasteiger charge is 2.10. The van der Waals surface area contributed by atoms with Crippen LogP contribution in [0.1, 0.15) is 0 Å². The monoisotopic (exact) mass is 250 g/mol. The van der Waals surface area contributed by atoms with Crippen molar-refractivity contribution in [2.24, 2.45) is 0 Å². The Morgan fingerprint density at radius 2 is 1.87 bits per heavy atom. The maximum absolute atomic E-state index is 10.3. The van der Waals surface area contributed by atoms with Gasteiger partial charge in [-0.05, 0) is 0 Å². The molecule has 1 N–H and O–H groups in total. The number of hydrogen-bond acceptors (Lipinski definition) is 3. The van der Waals surface area contributed by atoms with Gasteiger partial charge in [-0.1, -0.05) is 23.2 Å². The summed E-state index contributed by atoms with van der Waals surface area (Å²) in [7, 11) is 1.42. The lowest BCUT2D eigenvalue weighted by Crippen LogP contribution is -2.10. The van der Waals surface area contributed by atoms with Crippen LogP contribution in [-0.4, -0.2) is 24.8 Å². The molecule has 6 heteroatoms. The zero-order valence-corrected chi connectivity index (χ0v) is 9.30. The number of carboxylic acid groups (broad SMARTS) is 1. The third-order valence-electron chi connectivity index (χ3n) is 1.56. The summed E-state index contributed by atoms with van der Waals surface area (Å²) in [5, 5.41) is 9.03. The predicted molar refractivity (Wildman–Crippen MR) is 56.1 cm³/mol. The minimum Gasteiger partial charge on any atom is -0.493 e. The Hall–Kier alpha value is -1.13. The second kappa shape index (κ2) is 5.09. The molecular weight excluding hydrogens is 243 g/mol. The van der Waals surface area contributed by atoms with Crippen molar-refractivity contribution in [2.45, 2.75) is 0 Å². The molecule has 0 atom stereocenters. The van der Waals surface area contributed by atoms with Gasteiger partial charge in [-0.3, -0.25) is 0 Å². The van der Waals surface area contributed by atoms with Crippen LogP contribution < -0.4 is 9.47 Å². The van der Waals surface area contributed by atoms with Gasteiger partial charge in [0.25, 0.3) is 0 Å². The summed E-state index contributed by atoms with van der Waals surface area (Å²) in [4.78, 5) is 10.3. The van der Waals surface area contributed by atoms with E-state index in [1.54, 1.807) is 0 Å². The zero-order valence-electron chi connectivity index (χ0n) is 7.79. The highest BCUT2D eigenvalue weighted by molar-refractivity contribution is 6.42. The molecule has 0 saturated heterocycles. The van der Waals surface area contributed by atoms with Gasteiger partial charge in [-0.2, -0.15) is 0 Å². The number of hydrogen-bond donors (Lipinski definition) is 1. The van der Waals surface area contributed by atoms with E-state index in [4.69, 9.17) is 37.8 Å². The number of carboxylic acids is 1. The van der Waals surface area contributed by atoms with Gasteiger partial charge in [0.1, 0.15) is 0 Å². The second-order valence-corrected chi connectivity index (χ2v) is 3.41. The first-order valence-corrected chi connectivity index (χ1v) is 4.68. The number of carbonyl (C=O) groups is 1. The summed E-state index contributed by atoms with van der Waals surface area (Å²) in [5.41, 5.74) is 0. The summed E-state index contributed by atoms with van der Waals surface area (Å²) in [6.45, 7) is -0.464. The molecule has 15 heavy (non-hydrogen) atoms. The Balaban J connectivity index is 2.94. The smallest absolute Gasteiger partial charge is 0.341 e. The van der Waals surface area contributed by atoms with Crippen LogP contribution in [0.15, 0.2) is 12.1 Å². The molecule has 0 aliphatic carbocycles. The van der Waals surface area contributed by atoms with Crippen molar-refractivity contribution in [3.8, 4) is 11.5 Å². The van der Waals surface area contributed by atoms with E-state index >= 15 is 0 Å². The molecule has 0 aliphatic rings. The lowest BCUT2D eigenvalue weighted by Gasteiger charge is -2.10. The number of rotatable bonds is 4. The molecule has 0 spiro atoms. The maximum Gasteiger partial charge on any atom is 0.341 e. The standard InChI is InChI=1S/C9H8Cl2O4/c1-14-7-2-5(10)6(11)3-8(7)15-4-9(12)13/h2-3H,4H2,1H3,(H,12,13). The van der Waals surface area contributed by atoms with E-state index in [1.807, 2.05) is 0 Å². The fraction of sp³-hybridized carbons (Fsp3) is 0.222. The minimum absolute atomic E-state index is 0.245. The normalized spacial score (nSPS) is 9.80.